The van der Waals surface area contributed by atoms with E-state index in [0.29, 0.717) is 17.4 Å². The molecule has 0 aromatic rings. The fraction of sp³-hybridized carbons (Fsp3) is 0.729. The molecule has 0 bridgehead atoms. The van der Waals surface area contributed by atoms with Gasteiger partial charge in [-0.05, 0) is 89.9 Å². The molecule has 0 rings (SSSR count). The summed E-state index contributed by atoms with van der Waals surface area (Å²) in [6.07, 6.45) is 87.6. The average Bonchev–Trinajstić information content (AvgIpc) is 3.42. The lowest BCUT2D eigenvalue weighted by Crippen LogP contribution is -2.45. The van der Waals surface area contributed by atoms with Crippen LogP contribution < -0.4 is 10.2 Å². The summed E-state index contributed by atoms with van der Waals surface area (Å²) in [4.78, 5) is 25.6. The van der Waals surface area contributed by atoms with Gasteiger partial charge in [-0.1, -0.05) is 290 Å². The molecule has 79 heavy (non-hydrogen) atoms. The number of quaternary nitrogens is 1. The number of aliphatic hydroxyl groups excluding tert-OH is 1. The zero-order chi connectivity index (χ0) is 57.7. The normalized spacial score (nSPS) is 14.5. The van der Waals surface area contributed by atoms with Crippen LogP contribution in [0, 0.1) is 0 Å². The minimum atomic E-state index is -4.62. The van der Waals surface area contributed by atoms with Gasteiger partial charge in [0, 0.05) is 6.42 Å². The van der Waals surface area contributed by atoms with Gasteiger partial charge in [0.25, 0.3) is 7.82 Å². The smallest absolute Gasteiger partial charge is 0.268 e. The Kier molecular flexibility index (Phi) is 57.6. The Bertz CT molecular complexity index is 1650. The van der Waals surface area contributed by atoms with E-state index in [9.17, 15) is 19.4 Å². The van der Waals surface area contributed by atoms with E-state index in [1.165, 1.54) is 173 Å². The van der Waals surface area contributed by atoms with Crippen LogP contribution >= 0.6 is 7.82 Å². The number of allylic oxidation sites excluding steroid dienone is 17. The van der Waals surface area contributed by atoms with E-state index in [1.807, 2.05) is 27.2 Å². The fourth-order valence-electron chi connectivity index (χ4n) is 9.15. The van der Waals surface area contributed by atoms with E-state index in [2.05, 4.69) is 116 Å². The number of hydrogen-bond donors (Lipinski definition) is 2. The number of unbranched alkanes of at least 4 members (excludes halogenated alkanes) is 30. The summed E-state index contributed by atoms with van der Waals surface area (Å²) in [6, 6.07) is -0.913. The molecule has 0 radical (unpaired) electrons. The molecule has 0 aliphatic heterocycles. The van der Waals surface area contributed by atoms with Gasteiger partial charge in [0.05, 0.1) is 39.9 Å². The van der Waals surface area contributed by atoms with Crippen molar-refractivity contribution in [2.24, 2.45) is 0 Å². The van der Waals surface area contributed by atoms with Crippen molar-refractivity contribution in [3.05, 3.63) is 109 Å². The Labute approximate surface area is 489 Å². The molecule has 0 saturated heterocycles. The zero-order valence-electron chi connectivity index (χ0n) is 52.0. The van der Waals surface area contributed by atoms with Crippen LogP contribution in [0.3, 0.4) is 0 Å². The lowest BCUT2D eigenvalue weighted by molar-refractivity contribution is -0.870. The van der Waals surface area contributed by atoms with Crippen LogP contribution in [-0.2, 0) is 18.4 Å². The van der Waals surface area contributed by atoms with E-state index in [0.717, 1.165) is 83.5 Å². The van der Waals surface area contributed by atoms with Crippen molar-refractivity contribution in [2.75, 3.05) is 40.9 Å². The zero-order valence-corrected chi connectivity index (χ0v) is 52.9. The van der Waals surface area contributed by atoms with Gasteiger partial charge in [0.15, 0.2) is 0 Å². The first kappa shape index (κ1) is 76.2. The third kappa shape index (κ3) is 62.6. The first-order valence-corrected chi connectivity index (χ1v) is 34.2. The van der Waals surface area contributed by atoms with Crippen LogP contribution in [-0.4, -0.2) is 68.5 Å². The average molecular weight is 1120 g/mol. The minimum absolute atomic E-state index is 0.0114. The molecule has 3 unspecified atom stereocenters. The first-order chi connectivity index (χ1) is 38.5. The molecule has 3 atom stereocenters. The molecule has 0 aromatic heterocycles. The second-order valence-electron chi connectivity index (χ2n) is 23.1. The van der Waals surface area contributed by atoms with E-state index in [-0.39, 0.29) is 12.5 Å². The maximum Gasteiger partial charge on any atom is 0.268 e. The molecule has 1 amide bonds. The molecule has 0 aliphatic rings. The second-order valence-corrected chi connectivity index (χ2v) is 24.5. The maximum atomic E-state index is 13.0. The molecule has 0 aliphatic carbocycles. The van der Waals surface area contributed by atoms with E-state index >= 15 is 0 Å². The van der Waals surface area contributed by atoms with Crippen molar-refractivity contribution < 1.29 is 32.9 Å². The highest BCUT2D eigenvalue weighted by atomic mass is 31.2. The molecule has 0 saturated carbocycles. The minimum Gasteiger partial charge on any atom is -0.756 e. The SMILES string of the molecule is CC/C=C\C/C=C\C/C=C\C/C=C\C/C=C\C/C=C\C/C=C\CCCCCCCCCCCCCC(=O)NC(COP(=O)([O-])OCC[N+](C)(C)C)C(O)/C=C/CC/C=C/CCCCCCCCCCCCCCCCCCCC. The number of aliphatic hydroxyl groups is 1. The van der Waals surface area contributed by atoms with Gasteiger partial charge in [-0.15, -0.1) is 0 Å². The highest BCUT2D eigenvalue weighted by Crippen LogP contribution is 2.38. The number of phosphoric acid groups is 1. The van der Waals surface area contributed by atoms with Crippen molar-refractivity contribution in [2.45, 2.75) is 289 Å². The van der Waals surface area contributed by atoms with Crippen LogP contribution in [0.2, 0.25) is 0 Å². The highest BCUT2D eigenvalue weighted by molar-refractivity contribution is 7.45. The van der Waals surface area contributed by atoms with Crippen molar-refractivity contribution in [3.63, 3.8) is 0 Å². The molecule has 2 N–H and O–H groups in total. The first-order valence-electron chi connectivity index (χ1n) is 32.7. The summed E-state index contributed by atoms with van der Waals surface area (Å²) in [7, 11) is 1.23. The monoisotopic (exact) mass is 1120 g/mol. The van der Waals surface area contributed by atoms with Crippen molar-refractivity contribution in [1.29, 1.82) is 0 Å². The van der Waals surface area contributed by atoms with Gasteiger partial charge in [-0.2, -0.15) is 0 Å². The number of likely N-dealkylation sites (N-methyl/N-ethyl adjacent to an activating group) is 1. The van der Waals surface area contributed by atoms with Crippen LogP contribution in [0.25, 0.3) is 0 Å². The van der Waals surface area contributed by atoms with Gasteiger partial charge >= 0.3 is 0 Å². The number of nitrogens with zero attached hydrogens (tertiary/aromatic N) is 1. The molecule has 9 heteroatoms. The van der Waals surface area contributed by atoms with E-state index < -0.39 is 26.6 Å². The molecule has 0 heterocycles. The topological polar surface area (TPSA) is 108 Å². The quantitative estimate of drug-likeness (QED) is 0.0272. The number of nitrogens with one attached hydrogen (secondary N) is 1. The summed E-state index contributed by atoms with van der Waals surface area (Å²) in [5.74, 6) is -0.212. The van der Waals surface area contributed by atoms with E-state index in [1.54, 1.807) is 6.08 Å². The van der Waals surface area contributed by atoms with Gasteiger partial charge in [-0.25, -0.2) is 0 Å². The number of carbonyl (C=O) groups is 1. The van der Waals surface area contributed by atoms with Crippen LogP contribution in [0.1, 0.15) is 277 Å². The third-order valence-corrected chi connectivity index (χ3v) is 15.2. The number of amides is 1. The van der Waals surface area contributed by atoms with Crippen molar-refractivity contribution in [1.82, 2.24) is 5.32 Å². The summed E-state index contributed by atoms with van der Waals surface area (Å²) >= 11 is 0. The third-order valence-electron chi connectivity index (χ3n) is 14.2. The van der Waals surface area contributed by atoms with Crippen LogP contribution in [0.4, 0.5) is 0 Å². The second kappa shape index (κ2) is 59.8. The molecule has 0 fully saturated rings. The number of phosphoric ester groups is 1. The van der Waals surface area contributed by atoms with Gasteiger partial charge < -0.3 is 28.8 Å². The molecule has 0 spiro atoms. The number of hydrogen-bond acceptors (Lipinski definition) is 6. The fourth-order valence-corrected chi connectivity index (χ4v) is 9.87. The predicted octanol–water partition coefficient (Wildman–Crippen LogP) is 20.1. The summed E-state index contributed by atoms with van der Waals surface area (Å²) in [6.45, 7) is 4.53. The van der Waals surface area contributed by atoms with Crippen LogP contribution in [0.5, 0.6) is 0 Å². The maximum absolute atomic E-state index is 13.0. The lowest BCUT2D eigenvalue weighted by atomic mass is 10.0. The number of rotatable bonds is 59. The predicted molar refractivity (Wildman–Crippen MR) is 343 cm³/mol. The Morgan fingerprint density at radius 3 is 1.18 bits per heavy atom. The lowest BCUT2D eigenvalue weighted by Gasteiger charge is -2.29. The molecular formula is C70H125N2O6P. The molecular weight excluding hydrogens is 996 g/mol. The summed E-state index contributed by atoms with van der Waals surface area (Å²) < 4.78 is 23.4. The van der Waals surface area contributed by atoms with Crippen molar-refractivity contribution in [3.8, 4) is 0 Å². The van der Waals surface area contributed by atoms with Crippen LogP contribution in [0.15, 0.2) is 109 Å². The van der Waals surface area contributed by atoms with E-state index in [4.69, 9.17) is 9.05 Å². The molecule has 8 nitrogen and oxygen atoms in total. The number of carbonyl (C=O) groups excluding carboxylic acids is 1. The Morgan fingerprint density at radius 2 is 0.785 bits per heavy atom. The summed E-state index contributed by atoms with van der Waals surface area (Å²) in [5.41, 5.74) is 0. The Morgan fingerprint density at radius 1 is 0.456 bits per heavy atom. The Balaban J connectivity index is 4.19. The summed E-state index contributed by atoms with van der Waals surface area (Å²) in [5, 5.41) is 13.9. The molecule has 0 aromatic carbocycles. The van der Waals surface area contributed by atoms with Gasteiger partial charge in [0.1, 0.15) is 13.2 Å². The highest BCUT2D eigenvalue weighted by Gasteiger charge is 2.23. The Hall–Kier alpha value is -2.84. The van der Waals surface area contributed by atoms with Gasteiger partial charge in [0.2, 0.25) is 5.91 Å². The largest absolute Gasteiger partial charge is 0.756 e. The molecule has 456 valence electrons. The van der Waals surface area contributed by atoms with Gasteiger partial charge in [-0.3, -0.25) is 9.36 Å². The van der Waals surface area contributed by atoms with Crippen molar-refractivity contribution >= 4 is 13.7 Å². The standard InChI is InChI=1S/C70H125N2O6P/c1-6-8-10-12-14-16-18-20-22-24-26-28-30-32-33-34-35-36-37-38-39-40-42-44-46-48-50-52-54-56-58-60-62-64-70(74)71-68(67-78-79(75,76)77-66-65-72(3,4)5)69(73)63-61-59-57-55-53-51-49-47-45-43-41-31-29-27-25-23-21-19-17-15-13-11-9-7-2/h8,10,14,16,20,22,26,28,32-33,35-36,38-39,53,55,61,63,68-69,73H,6-7,9,11-13,15,17-19,21,23-25,27,29-31,34,37,40-52,54,56-60,62,64-67H2,1-5H3,(H-,71,74,75,76)/b10-8-,16-14-,22-20-,28-26-,33-32-,36-35-,39-38-,55-53+,63-61+.